The first kappa shape index (κ1) is 10.7. The normalized spacial score (nSPS) is 10.9. The van der Waals surface area contributed by atoms with Crippen LogP contribution in [0.4, 0.5) is 0 Å². The molecule has 1 N–H and O–H groups in total. The molecule has 0 aliphatic rings. The molecule has 2 aromatic heterocycles. The third kappa shape index (κ3) is 2.43. The predicted octanol–water partition coefficient (Wildman–Crippen LogP) is -0.193. The summed E-state index contributed by atoms with van der Waals surface area (Å²) >= 11 is 0. The second-order valence-electron chi connectivity index (χ2n) is 3.34. The van der Waals surface area contributed by atoms with Crippen LogP contribution < -0.4 is 0 Å². The molecule has 0 spiro atoms. The first-order chi connectivity index (χ1) is 7.81. The Morgan fingerprint density at radius 1 is 1.50 bits per heavy atom. The zero-order valence-electron chi connectivity index (χ0n) is 9.00. The summed E-state index contributed by atoms with van der Waals surface area (Å²) in [7, 11) is 0. The van der Waals surface area contributed by atoms with Gasteiger partial charge in [0.25, 0.3) is 0 Å². The van der Waals surface area contributed by atoms with E-state index in [0.29, 0.717) is 24.7 Å². The van der Waals surface area contributed by atoms with Crippen LogP contribution in [0.2, 0.25) is 0 Å². The number of hydrogen-bond acceptors (Lipinski definition) is 6. The fourth-order valence-electron chi connectivity index (χ4n) is 1.29. The van der Waals surface area contributed by atoms with Gasteiger partial charge in [-0.15, -0.1) is 5.10 Å². The predicted molar refractivity (Wildman–Crippen MR) is 53.6 cm³/mol. The van der Waals surface area contributed by atoms with E-state index < -0.39 is 0 Å². The lowest BCUT2D eigenvalue weighted by atomic mass is 10.3. The minimum absolute atomic E-state index is 0.0703. The molecule has 7 heteroatoms. The fraction of sp³-hybridized carbons (Fsp3) is 0.556. The van der Waals surface area contributed by atoms with Gasteiger partial charge in [-0.3, -0.25) is 0 Å². The summed E-state index contributed by atoms with van der Waals surface area (Å²) < 4.78 is 6.60. The summed E-state index contributed by atoms with van der Waals surface area (Å²) in [5.74, 6) is 1.20. The lowest BCUT2D eigenvalue weighted by molar-refractivity contribution is 0.298. The summed E-state index contributed by atoms with van der Waals surface area (Å²) in [6, 6.07) is 0. The van der Waals surface area contributed by atoms with Crippen molar-refractivity contribution in [3.05, 3.63) is 23.6 Å². The number of aliphatic hydroxyl groups is 1. The van der Waals surface area contributed by atoms with Gasteiger partial charge in [0.2, 0.25) is 5.89 Å². The highest BCUT2D eigenvalue weighted by molar-refractivity contribution is 4.94. The largest absolute Gasteiger partial charge is 0.396 e. The monoisotopic (exact) mass is 223 g/mol. The van der Waals surface area contributed by atoms with Gasteiger partial charge in [0.15, 0.2) is 5.82 Å². The number of aryl methyl sites for hydroxylation is 1. The van der Waals surface area contributed by atoms with Gasteiger partial charge in [-0.05, 0) is 0 Å². The van der Waals surface area contributed by atoms with Crippen LogP contribution in [-0.4, -0.2) is 36.8 Å². The Morgan fingerprint density at radius 2 is 2.38 bits per heavy atom. The molecule has 0 bridgehead atoms. The highest BCUT2D eigenvalue weighted by Crippen LogP contribution is 2.01. The molecule has 0 aromatic carbocycles. The minimum atomic E-state index is 0.0703. The molecule has 2 aromatic rings. The van der Waals surface area contributed by atoms with Gasteiger partial charge >= 0.3 is 0 Å². The van der Waals surface area contributed by atoms with Gasteiger partial charge in [-0.1, -0.05) is 17.3 Å². The Balaban J connectivity index is 2.02. The molecule has 0 aliphatic carbocycles. The van der Waals surface area contributed by atoms with Crippen molar-refractivity contribution in [2.75, 3.05) is 6.61 Å². The molecule has 0 aliphatic heterocycles. The molecule has 0 radical (unpaired) electrons. The van der Waals surface area contributed by atoms with Gasteiger partial charge in [-0.2, -0.15) is 4.98 Å². The number of aromatic nitrogens is 5. The van der Waals surface area contributed by atoms with E-state index >= 15 is 0 Å². The SMILES string of the molecule is CCc1nc(Cn2cc(CCO)nn2)no1. The van der Waals surface area contributed by atoms with E-state index in [1.165, 1.54) is 0 Å². The maximum atomic E-state index is 8.74. The lowest BCUT2D eigenvalue weighted by Gasteiger charge is -1.92. The van der Waals surface area contributed by atoms with Gasteiger partial charge in [0.1, 0.15) is 6.54 Å². The molecule has 2 heterocycles. The van der Waals surface area contributed by atoms with Crippen molar-refractivity contribution in [2.24, 2.45) is 0 Å². The maximum Gasteiger partial charge on any atom is 0.226 e. The minimum Gasteiger partial charge on any atom is -0.396 e. The Hall–Kier alpha value is -1.76. The second kappa shape index (κ2) is 4.84. The van der Waals surface area contributed by atoms with Crippen molar-refractivity contribution >= 4 is 0 Å². The van der Waals surface area contributed by atoms with Gasteiger partial charge < -0.3 is 9.63 Å². The molecule has 0 amide bonds. The van der Waals surface area contributed by atoms with Crippen molar-refractivity contribution in [3.63, 3.8) is 0 Å². The van der Waals surface area contributed by atoms with Crippen molar-refractivity contribution < 1.29 is 9.63 Å². The third-order valence-electron chi connectivity index (χ3n) is 2.07. The molecule has 0 saturated heterocycles. The highest BCUT2D eigenvalue weighted by Gasteiger charge is 2.06. The van der Waals surface area contributed by atoms with E-state index in [0.717, 1.165) is 12.1 Å². The number of aliphatic hydroxyl groups excluding tert-OH is 1. The van der Waals surface area contributed by atoms with E-state index in [2.05, 4.69) is 20.5 Å². The van der Waals surface area contributed by atoms with E-state index in [-0.39, 0.29) is 6.61 Å². The van der Waals surface area contributed by atoms with Crippen molar-refractivity contribution in [1.82, 2.24) is 25.1 Å². The molecule has 86 valence electrons. The molecule has 2 rings (SSSR count). The van der Waals surface area contributed by atoms with Crippen LogP contribution >= 0.6 is 0 Å². The molecule has 0 unspecified atom stereocenters. The van der Waals surface area contributed by atoms with E-state index in [1.54, 1.807) is 10.9 Å². The van der Waals surface area contributed by atoms with Crippen LogP contribution in [-0.2, 0) is 19.4 Å². The van der Waals surface area contributed by atoms with E-state index in [9.17, 15) is 0 Å². The van der Waals surface area contributed by atoms with Crippen LogP contribution in [0.5, 0.6) is 0 Å². The van der Waals surface area contributed by atoms with Crippen LogP contribution in [0.15, 0.2) is 10.7 Å². The van der Waals surface area contributed by atoms with Crippen LogP contribution in [0.25, 0.3) is 0 Å². The average Bonchev–Trinajstić information content (AvgIpc) is 2.89. The fourth-order valence-corrected chi connectivity index (χ4v) is 1.29. The smallest absolute Gasteiger partial charge is 0.226 e. The summed E-state index contributed by atoms with van der Waals surface area (Å²) in [5, 5.41) is 20.3. The zero-order chi connectivity index (χ0) is 11.4. The molecule has 16 heavy (non-hydrogen) atoms. The van der Waals surface area contributed by atoms with Crippen molar-refractivity contribution in [1.29, 1.82) is 0 Å². The first-order valence-corrected chi connectivity index (χ1v) is 5.13. The maximum absolute atomic E-state index is 8.74. The van der Waals surface area contributed by atoms with Crippen LogP contribution in [0, 0.1) is 0 Å². The van der Waals surface area contributed by atoms with Crippen LogP contribution in [0.3, 0.4) is 0 Å². The van der Waals surface area contributed by atoms with Crippen molar-refractivity contribution in [2.45, 2.75) is 26.3 Å². The number of hydrogen-bond donors (Lipinski definition) is 1. The van der Waals surface area contributed by atoms with Gasteiger partial charge in [-0.25, -0.2) is 4.68 Å². The van der Waals surface area contributed by atoms with E-state index in [4.69, 9.17) is 9.63 Å². The standard InChI is InChI=1S/C9H13N5O2/c1-2-9-10-8(12-16-9)6-14-5-7(3-4-15)11-13-14/h5,15H,2-4,6H2,1H3. The molecular weight excluding hydrogens is 210 g/mol. The number of nitrogens with zero attached hydrogens (tertiary/aromatic N) is 5. The van der Waals surface area contributed by atoms with Crippen LogP contribution in [0.1, 0.15) is 24.3 Å². The first-order valence-electron chi connectivity index (χ1n) is 5.13. The Kier molecular flexibility index (Phi) is 3.25. The van der Waals surface area contributed by atoms with Crippen molar-refractivity contribution in [3.8, 4) is 0 Å². The Morgan fingerprint density at radius 3 is 3.06 bits per heavy atom. The zero-order valence-corrected chi connectivity index (χ0v) is 9.00. The van der Waals surface area contributed by atoms with E-state index in [1.807, 2.05) is 6.92 Å². The Labute approximate surface area is 92.1 Å². The molecule has 0 saturated carbocycles. The quantitative estimate of drug-likeness (QED) is 0.755. The molecule has 0 atom stereocenters. The summed E-state index contributed by atoms with van der Waals surface area (Å²) in [6.07, 6.45) is 2.99. The lowest BCUT2D eigenvalue weighted by Crippen LogP contribution is -2.02. The van der Waals surface area contributed by atoms with Gasteiger partial charge in [0.05, 0.1) is 5.69 Å². The summed E-state index contributed by atoms with van der Waals surface area (Å²) in [5.41, 5.74) is 0.752. The summed E-state index contributed by atoms with van der Waals surface area (Å²) in [4.78, 5) is 4.16. The Bertz CT molecular complexity index is 450. The number of rotatable bonds is 5. The topological polar surface area (TPSA) is 89.9 Å². The molecular formula is C9H13N5O2. The molecule has 7 nitrogen and oxygen atoms in total. The van der Waals surface area contributed by atoms with Gasteiger partial charge in [0, 0.05) is 25.6 Å². The highest BCUT2D eigenvalue weighted by atomic mass is 16.5. The molecule has 0 fully saturated rings. The average molecular weight is 223 g/mol. The third-order valence-corrected chi connectivity index (χ3v) is 2.07. The summed E-state index contributed by atoms with van der Waals surface area (Å²) in [6.45, 7) is 2.45. The second-order valence-corrected chi connectivity index (χ2v) is 3.34.